The van der Waals surface area contributed by atoms with Gasteiger partial charge in [-0.3, -0.25) is 24.7 Å². The number of benzene rings is 2. The molecule has 36 heavy (non-hydrogen) atoms. The van der Waals surface area contributed by atoms with E-state index >= 15 is 0 Å². The number of hydrogen-bond acceptors (Lipinski definition) is 6. The van der Waals surface area contributed by atoms with E-state index in [2.05, 4.69) is 28.4 Å². The van der Waals surface area contributed by atoms with Crippen molar-refractivity contribution in [2.24, 2.45) is 0 Å². The Morgan fingerprint density at radius 1 is 1.22 bits per heavy atom. The lowest BCUT2D eigenvalue weighted by molar-refractivity contribution is -0.130. The van der Waals surface area contributed by atoms with Gasteiger partial charge in [0.15, 0.2) is 0 Å². The van der Waals surface area contributed by atoms with Crippen LogP contribution in [0.1, 0.15) is 34.5 Å². The number of para-hydroxylation sites is 1. The quantitative estimate of drug-likeness (QED) is 0.244. The van der Waals surface area contributed by atoms with Gasteiger partial charge in [-0.05, 0) is 55.3 Å². The number of terminal acetylenes is 1. The van der Waals surface area contributed by atoms with Gasteiger partial charge < -0.3 is 10.1 Å². The van der Waals surface area contributed by atoms with Crippen LogP contribution in [0.4, 0.5) is 0 Å². The molecule has 1 aliphatic heterocycles. The van der Waals surface area contributed by atoms with E-state index in [0.717, 1.165) is 23.0 Å². The monoisotopic (exact) mass is 486 g/mol. The van der Waals surface area contributed by atoms with Crippen molar-refractivity contribution in [1.82, 2.24) is 20.7 Å². The molecular weight excluding hydrogens is 456 g/mol. The second-order valence-corrected chi connectivity index (χ2v) is 9.17. The maximum Gasteiger partial charge on any atom is 0.251 e. The minimum atomic E-state index is -0.804. The number of fused-ring (bicyclic) bond motifs is 1. The standard InChI is InChI=1S/C28H30N4O4/c1-3-14-32-15-13-28(19-32,18-26(33)31-35)30-27(34)21-8-10-23(11-9-21)36-16-12-22-17-20(2)29-25-7-5-4-6-24(22)25/h1,4-11,17,35H,12-16,18-19H2,2H3,(H,30,34)(H,31,33). The van der Waals surface area contributed by atoms with E-state index < -0.39 is 11.4 Å². The fraction of sp³-hybridized carbons (Fsp3) is 0.321. The summed E-state index contributed by atoms with van der Waals surface area (Å²) in [5.41, 5.74) is 4.44. The fourth-order valence-corrected chi connectivity index (χ4v) is 4.76. The molecule has 8 heteroatoms. The summed E-state index contributed by atoms with van der Waals surface area (Å²) in [6, 6.07) is 17.1. The summed E-state index contributed by atoms with van der Waals surface area (Å²) in [5, 5.41) is 13.1. The Labute approximate surface area is 210 Å². The maximum absolute atomic E-state index is 13.0. The van der Waals surface area contributed by atoms with E-state index in [1.165, 1.54) is 5.56 Å². The van der Waals surface area contributed by atoms with E-state index in [1.807, 2.05) is 30.0 Å². The average Bonchev–Trinajstić information content (AvgIpc) is 3.26. The van der Waals surface area contributed by atoms with Crippen molar-refractivity contribution < 1.29 is 19.5 Å². The van der Waals surface area contributed by atoms with Crippen LogP contribution in [0.15, 0.2) is 54.6 Å². The van der Waals surface area contributed by atoms with Gasteiger partial charge in [-0.15, -0.1) is 6.42 Å². The van der Waals surface area contributed by atoms with Gasteiger partial charge in [0.05, 0.1) is 30.6 Å². The summed E-state index contributed by atoms with van der Waals surface area (Å²) in [6.07, 6.45) is 6.66. The van der Waals surface area contributed by atoms with E-state index in [4.69, 9.17) is 16.4 Å². The molecule has 2 amide bonds. The summed E-state index contributed by atoms with van der Waals surface area (Å²) in [5.74, 6) is 2.40. The molecule has 0 saturated carbocycles. The molecule has 4 rings (SSSR count). The number of pyridine rings is 1. The molecule has 1 fully saturated rings. The molecular formula is C28H30N4O4. The van der Waals surface area contributed by atoms with Gasteiger partial charge in [-0.25, -0.2) is 5.48 Å². The normalized spacial score (nSPS) is 17.5. The molecule has 3 N–H and O–H groups in total. The van der Waals surface area contributed by atoms with Gasteiger partial charge in [0.25, 0.3) is 5.91 Å². The maximum atomic E-state index is 13.0. The van der Waals surface area contributed by atoms with Crippen LogP contribution >= 0.6 is 0 Å². The van der Waals surface area contributed by atoms with Crippen LogP contribution in [-0.4, -0.2) is 58.7 Å². The summed E-state index contributed by atoms with van der Waals surface area (Å²) in [6.45, 7) is 3.99. The molecule has 8 nitrogen and oxygen atoms in total. The van der Waals surface area contributed by atoms with Crippen molar-refractivity contribution in [3.8, 4) is 18.1 Å². The molecule has 0 spiro atoms. The Hall–Kier alpha value is -3.93. The predicted octanol–water partition coefficient (Wildman–Crippen LogP) is 2.87. The number of carbonyl (C=O) groups excluding carboxylic acids is 2. The lowest BCUT2D eigenvalue weighted by Crippen LogP contribution is -2.53. The summed E-state index contributed by atoms with van der Waals surface area (Å²) in [7, 11) is 0. The SMILES string of the molecule is C#CCN1CCC(CC(=O)NO)(NC(=O)c2ccc(OCCc3cc(C)nc4ccccc34)cc2)C1. The number of carbonyl (C=O) groups is 2. The molecule has 1 unspecified atom stereocenters. The topological polar surface area (TPSA) is 104 Å². The van der Waals surface area contributed by atoms with E-state index in [1.54, 1.807) is 29.7 Å². The van der Waals surface area contributed by atoms with Crippen molar-refractivity contribution in [2.45, 2.75) is 31.7 Å². The van der Waals surface area contributed by atoms with Crippen molar-refractivity contribution in [3.63, 3.8) is 0 Å². The van der Waals surface area contributed by atoms with Crippen molar-refractivity contribution in [2.75, 3.05) is 26.2 Å². The van der Waals surface area contributed by atoms with Gasteiger partial charge in [0.2, 0.25) is 5.91 Å². The number of aromatic nitrogens is 1. The Bertz CT molecular complexity index is 1280. The highest BCUT2D eigenvalue weighted by Crippen LogP contribution is 2.26. The summed E-state index contributed by atoms with van der Waals surface area (Å²) >= 11 is 0. The highest BCUT2D eigenvalue weighted by Gasteiger charge is 2.41. The first-order chi connectivity index (χ1) is 17.4. The molecule has 2 heterocycles. The highest BCUT2D eigenvalue weighted by molar-refractivity contribution is 5.95. The number of ether oxygens (including phenoxy) is 1. The molecule has 1 saturated heterocycles. The second-order valence-electron chi connectivity index (χ2n) is 9.17. The molecule has 186 valence electrons. The molecule has 3 aromatic rings. The van der Waals surface area contributed by atoms with Crippen LogP contribution in [0.25, 0.3) is 10.9 Å². The Kier molecular flexibility index (Phi) is 7.84. The van der Waals surface area contributed by atoms with Crippen molar-refractivity contribution >= 4 is 22.7 Å². The Morgan fingerprint density at radius 3 is 2.75 bits per heavy atom. The van der Waals surface area contributed by atoms with Gasteiger partial charge in [0, 0.05) is 36.2 Å². The largest absolute Gasteiger partial charge is 0.493 e. The zero-order chi connectivity index (χ0) is 25.5. The lowest BCUT2D eigenvalue weighted by atomic mass is 9.93. The highest BCUT2D eigenvalue weighted by atomic mass is 16.5. The first-order valence-corrected chi connectivity index (χ1v) is 11.9. The van der Waals surface area contributed by atoms with Crippen molar-refractivity contribution in [3.05, 3.63) is 71.4 Å². The van der Waals surface area contributed by atoms with Crippen LogP contribution < -0.4 is 15.5 Å². The molecule has 1 aliphatic rings. The minimum Gasteiger partial charge on any atom is -0.493 e. The van der Waals surface area contributed by atoms with Crippen molar-refractivity contribution in [1.29, 1.82) is 0 Å². The van der Waals surface area contributed by atoms with Crippen LogP contribution in [-0.2, 0) is 11.2 Å². The molecule has 1 aromatic heterocycles. The smallest absolute Gasteiger partial charge is 0.251 e. The van der Waals surface area contributed by atoms with Gasteiger partial charge in [0.1, 0.15) is 5.75 Å². The Morgan fingerprint density at radius 2 is 2.00 bits per heavy atom. The summed E-state index contributed by atoms with van der Waals surface area (Å²) in [4.78, 5) is 31.5. The van der Waals surface area contributed by atoms with Crippen LogP contribution in [0.2, 0.25) is 0 Å². The summed E-state index contributed by atoms with van der Waals surface area (Å²) < 4.78 is 5.94. The second kappa shape index (κ2) is 11.2. The van der Waals surface area contributed by atoms with Crippen LogP contribution in [0.3, 0.4) is 0 Å². The number of hydroxylamine groups is 1. The third-order valence-electron chi connectivity index (χ3n) is 6.44. The van der Waals surface area contributed by atoms with E-state index in [-0.39, 0.29) is 12.3 Å². The number of nitrogens with zero attached hydrogens (tertiary/aromatic N) is 2. The molecule has 1 atom stereocenters. The van der Waals surface area contributed by atoms with Gasteiger partial charge >= 0.3 is 0 Å². The Balaban J connectivity index is 1.37. The zero-order valence-electron chi connectivity index (χ0n) is 20.3. The predicted molar refractivity (Wildman–Crippen MR) is 137 cm³/mol. The molecule has 0 bridgehead atoms. The molecule has 0 radical (unpaired) electrons. The van der Waals surface area contributed by atoms with Gasteiger partial charge in [-0.1, -0.05) is 24.1 Å². The lowest BCUT2D eigenvalue weighted by Gasteiger charge is -2.30. The average molecular weight is 487 g/mol. The first kappa shape index (κ1) is 25.2. The third kappa shape index (κ3) is 6.00. The van der Waals surface area contributed by atoms with Crippen LogP contribution in [0, 0.1) is 19.3 Å². The molecule has 2 aromatic carbocycles. The van der Waals surface area contributed by atoms with E-state index in [9.17, 15) is 9.59 Å². The number of likely N-dealkylation sites (tertiary alicyclic amines) is 1. The molecule has 0 aliphatic carbocycles. The number of aryl methyl sites for hydroxylation is 1. The fourth-order valence-electron chi connectivity index (χ4n) is 4.76. The van der Waals surface area contributed by atoms with Gasteiger partial charge in [-0.2, -0.15) is 0 Å². The first-order valence-electron chi connectivity index (χ1n) is 11.9. The zero-order valence-corrected chi connectivity index (χ0v) is 20.3. The van der Waals surface area contributed by atoms with Crippen LogP contribution in [0.5, 0.6) is 5.75 Å². The number of amides is 2. The van der Waals surface area contributed by atoms with E-state index in [0.29, 0.717) is 44.0 Å². The third-order valence-corrected chi connectivity index (χ3v) is 6.44. The number of nitrogens with one attached hydrogen (secondary N) is 2. The number of hydrogen-bond donors (Lipinski definition) is 3. The minimum absolute atomic E-state index is 0.0410. The number of rotatable bonds is 9.